The average Bonchev–Trinajstić information content (AvgIpc) is 2.16. The molecule has 0 aromatic carbocycles. The molecule has 6 heteroatoms. The Morgan fingerprint density at radius 2 is 2.29 bits per heavy atom. The van der Waals surface area contributed by atoms with Crippen molar-refractivity contribution in [2.75, 3.05) is 0 Å². The van der Waals surface area contributed by atoms with Gasteiger partial charge in [0, 0.05) is 12.7 Å². The molecule has 1 rings (SSSR count). The Labute approximate surface area is 87.7 Å². The Kier molecular flexibility index (Phi) is 3.49. The molecule has 1 aromatic rings. The maximum Gasteiger partial charge on any atom is 0.266 e. The van der Waals surface area contributed by atoms with Crippen LogP contribution >= 0.6 is 15.9 Å². The van der Waals surface area contributed by atoms with E-state index in [9.17, 15) is 8.78 Å². The lowest BCUT2D eigenvalue weighted by Crippen LogP contribution is -2.07. The van der Waals surface area contributed by atoms with E-state index < -0.39 is 6.43 Å². The quantitative estimate of drug-likeness (QED) is 0.830. The number of aromatic nitrogens is 1. The molecule has 0 radical (unpaired) electrons. The molecular weight excluding hydrogens is 256 g/mol. The average molecular weight is 262 g/mol. The lowest BCUT2D eigenvalue weighted by atomic mass is 10.1. The monoisotopic (exact) mass is 261 g/mol. The number of alkyl halides is 2. The van der Waals surface area contributed by atoms with Gasteiger partial charge in [0.2, 0.25) is 0 Å². The summed E-state index contributed by atoms with van der Waals surface area (Å²) in [6, 6.07) is 1.77. The van der Waals surface area contributed by atoms with Crippen LogP contribution in [-0.2, 0) is 6.54 Å². The minimum Gasteiger partial charge on any atom is -0.326 e. The van der Waals surface area contributed by atoms with E-state index in [0.717, 1.165) is 0 Å². The summed E-state index contributed by atoms with van der Waals surface area (Å²) in [4.78, 5) is 3.64. The van der Waals surface area contributed by atoms with Crippen LogP contribution in [0, 0.1) is 11.3 Å². The highest BCUT2D eigenvalue weighted by atomic mass is 79.9. The van der Waals surface area contributed by atoms with Crippen LogP contribution in [-0.4, -0.2) is 4.98 Å². The van der Waals surface area contributed by atoms with Crippen molar-refractivity contribution >= 4 is 15.9 Å². The summed E-state index contributed by atoms with van der Waals surface area (Å²) in [7, 11) is 0. The summed E-state index contributed by atoms with van der Waals surface area (Å²) in [6.07, 6.45) is -1.47. The van der Waals surface area contributed by atoms with Crippen LogP contribution in [0.5, 0.6) is 0 Å². The van der Waals surface area contributed by atoms with E-state index >= 15 is 0 Å². The smallest absolute Gasteiger partial charge is 0.266 e. The van der Waals surface area contributed by atoms with Gasteiger partial charge in [-0.05, 0) is 21.5 Å². The zero-order chi connectivity index (χ0) is 10.7. The summed E-state index contributed by atoms with van der Waals surface area (Å²) < 4.78 is 25.1. The van der Waals surface area contributed by atoms with Gasteiger partial charge < -0.3 is 5.73 Å². The molecule has 0 saturated heterocycles. The Balaban J connectivity index is 3.45. The molecule has 1 aromatic heterocycles. The van der Waals surface area contributed by atoms with Gasteiger partial charge in [-0.2, -0.15) is 5.26 Å². The summed E-state index contributed by atoms with van der Waals surface area (Å²) in [5.74, 6) is 0. The van der Waals surface area contributed by atoms with Gasteiger partial charge in [-0.25, -0.2) is 13.8 Å². The standard InChI is InChI=1S/C8H6BrF2N3/c9-7-6(8(10)11)5(2-13)4(1-12)3-14-7/h3,8H,2,13H2. The molecule has 0 fully saturated rings. The van der Waals surface area contributed by atoms with E-state index in [0.29, 0.717) is 0 Å². The normalized spacial score (nSPS) is 10.3. The van der Waals surface area contributed by atoms with Gasteiger partial charge >= 0.3 is 0 Å². The van der Waals surface area contributed by atoms with E-state index in [4.69, 9.17) is 11.0 Å². The summed E-state index contributed by atoms with van der Waals surface area (Å²) in [5.41, 5.74) is 5.23. The first-order valence-electron chi connectivity index (χ1n) is 3.67. The van der Waals surface area contributed by atoms with Crippen molar-refractivity contribution in [3.63, 3.8) is 0 Å². The van der Waals surface area contributed by atoms with Crippen LogP contribution in [0.15, 0.2) is 10.8 Å². The Bertz CT molecular complexity index is 387. The summed E-state index contributed by atoms with van der Waals surface area (Å²) >= 11 is 2.90. The van der Waals surface area contributed by atoms with Crippen molar-refractivity contribution in [3.05, 3.63) is 27.5 Å². The highest BCUT2D eigenvalue weighted by Crippen LogP contribution is 2.30. The lowest BCUT2D eigenvalue weighted by Gasteiger charge is -2.09. The number of halogens is 3. The van der Waals surface area contributed by atoms with Crippen molar-refractivity contribution in [1.82, 2.24) is 4.98 Å². The Morgan fingerprint density at radius 1 is 1.64 bits per heavy atom. The third-order valence-corrected chi connectivity index (χ3v) is 2.35. The zero-order valence-electron chi connectivity index (χ0n) is 6.97. The molecule has 0 aliphatic carbocycles. The topological polar surface area (TPSA) is 62.7 Å². The van der Waals surface area contributed by atoms with Crippen molar-refractivity contribution in [2.24, 2.45) is 5.73 Å². The fraction of sp³-hybridized carbons (Fsp3) is 0.250. The van der Waals surface area contributed by atoms with E-state index in [1.54, 1.807) is 6.07 Å². The van der Waals surface area contributed by atoms with Crippen molar-refractivity contribution in [2.45, 2.75) is 13.0 Å². The third kappa shape index (κ3) is 1.89. The summed E-state index contributed by atoms with van der Waals surface area (Å²) in [6.45, 7) is -0.107. The first-order valence-corrected chi connectivity index (χ1v) is 4.46. The predicted molar refractivity (Wildman–Crippen MR) is 49.5 cm³/mol. The molecule has 0 aliphatic rings. The largest absolute Gasteiger partial charge is 0.326 e. The molecule has 2 N–H and O–H groups in total. The maximum atomic E-state index is 12.6. The van der Waals surface area contributed by atoms with Crippen LogP contribution < -0.4 is 5.73 Å². The molecule has 74 valence electrons. The van der Waals surface area contributed by atoms with Gasteiger partial charge in [0.1, 0.15) is 10.7 Å². The van der Waals surface area contributed by atoms with Crippen LogP contribution in [0.1, 0.15) is 23.1 Å². The van der Waals surface area contributed by atoms with E-state index in [2.05, 4.69) is 20.9 Å². The fourth-order valence-electron chi connectivity index (χ4n) is 1.08. The SMILES string of the molecule is N#Cc1cnc(Br)c(C(F)F)c1CN. The molecule has 0 spiro atoms. The van der Waals surface area contributed by atoms with Gasteiger partial charge in [-0.1, -0.05) is 0 Å². The van der Waals surface area contributed by atoms with Crippen LogP contribution in [0.3, 0.4) is 0 Å². The van der Waals surface area contributed by atoms with Crippen LogP contribution in [0.2, 0.25) is 0 Å². The van der Waals surface area contributed by atoms with Gasteiger partial charge in [0.05, 0.1) is 11.1 Å². The van der Waals surface area contributed by atoms with Crippen LogP contribution in [0.4, 0.5) is 8.78 Å². The number of rotatable bonds is 2. The third-order valence-electron chi connectivity index (χ3n) is 1.72. The van der Waals surface area contributed by atoms with E-state index in [1.807, 2.05) is 0 Å². The van der Waals surface area contributed by atoms with Gasteiger partial charge in [0.25, 0.3) is 6.43 Å². The molecule has 0 bridgehead atoms. The molecule has 0 aliphatic heterocycles. The molecule has 0 unspecified atom stereocenters. The summed E-state index contributed by atoms with van der Waals surface area (Å²) in [5, 5.41) is 8.64. The Hall–Kier alpha value is -1.06. The molecule has 0 saturated carbocycles. The van der Waals surface area contributed by atoms with E-state index in [-0.39, 0.29) is 27.8 Å². The fourth-order valence-corrected chi connectivity index (χ4v) is 1.59. The molecule has 0 amide bonds. The first kappa shape index (κ1) is 11.0. The number of nitrogens with zero attached hydrogens (tertiary/aromatic N) is 2. The van der Waals surface area contributed by atoms with Crippen molar-refractivity contribution < 1.29 is 8.78 Å². The second-order valence-electron chi connectivity index (χ2n) is 2.47. The highest BCUT2D eigenvalue weighted by molar-refractivity contribution is 9.10. The van der Waals surface area contributed by atoms with E-state index in [1.165, 1.54) is 6.20 Å². The number of hydrogen-bond acceptors (Lipinski definition) is 3. The number of nitrogens with two attached hydrogens (primary N) is 1. The molecule has 14 heavy (non-hydrogen) atoms. The molecule has 1 heterocycles. The minimum atomic E-state index is -2.69. The molecule has 0 atom stereocenters. The zero-order valence-corrected chi connectivity index (χ0v) is 8.55. The number of nitriles is 1. The predicted octanol–water partition coefficient (Wildman–Crippen LogP) is 2.11. The molecular formula is C8H6BrF2N3. The highest BCUT2D eigenvalue weighted by Gasteiger charge is 2.19. The second kappa shape index (κ2) is 4.44. The van der Waals surface area contributed by atoms with Crippen molar-refractivity contribution in [1.29, 1.82) is 5.26 Å². The van der Waals surface area contributed by atoms with Gasteiger partial charge in [-0.15, -0.1) is 0 Å². The maximum absolute atomic E-state index is 12.6. The number of hydrogen-bond donors (Lipinski definition) is 1. The Morgan fingerprint density at radius 3 is 2.71 bits per heavy atom. The molecule has 3 nitrogen and oxygen atoms in total. The van der Waals surface area contributed by atoms with Gasteiger partial charge in [0.15, 0.2) is 0 Å². The minimum absolute atomic E-state index is 0.0342. The van der Waals surface area contributed by atoms with Crippen LogP contribution in [0.25, 0.3) is 0 Å². The second-order valence-corrected chi connectivity index (χ2v) is 3.22. The van der Waals surface area contributed by atoms with Crippen molar-refractivity contribution in [3.8, 4) is 6.07 Å². The first-order chi connectivity index (χ1) is 6.61. The van der Waals surface area contributed by atoms with Gasteiger partial charge in [-0.3, -0.25) is 0 Å². The number of pyridine rings is 1. The lowest BCUT2D eigenvalue weighted by molar-refractivity contribution is 0.149.